The fourth-order valence-corrected chi connectivity index (χ4v) is 3.14. The summed E-state index contributed by atoms with van der Waals surface area (Å²) in [5.74, 6) is -0.784. The van der Waals surface area contributed by atoms with Gasteiger partial charge in [-0.25, -0.2) is 0 Å². The first-order valence-corrected chi connectivity index (χ1v) is 8.45. The summed E-state index contributed by atoms with van der Waals surface area (Å²) >= 11 is 0. The number of ketones is 1. The Hall–Kier alpha value is -2.89. The third kappa shape index (κ3) is 3.33. The second-order valence-corrected chi connectivity index (χ2v) is 6.21. The van der Waals surface area contributed by atoms with Crippen molar-refractivity contribution in [3.05, 3.63) is 57.9 Å². The van der Waals surface area contributed by atoms with E-state index in [2.05, 4.69) is 15.8 Å². The molecule has 0 aliphatic heterocycles. The Bertz CT molecular complexity index is 834. The Labute approximate surface area is 146 Å². The third-order valence-electron chi connectivity index (χ3n) is 4.58. The highest BCUT2D eigenvalue weighted by molar-refractivity contribution is 6.05. The molecule has 1 heterocycles. The van der Waals surface area contributed by atoms with Gasteiger partial charge in [0.15, 0.2) is 5.78 Å². The number of hydrazine groups is 1. The molecule has 0 radical (unpaired) electrons. The van der Waals surface area contributed by atoms with Crippen LogP contribution in [0.15, 0.2) is 24.3 Å². The van der Waals surface area contributed by atoms with Gasteiger partial charge in [-0.3, -0.25) is 25.2 Å². The molecular weight excluding hydrogens is 318 g/mol. The van der Waals surface area contributed by atoms with Gasteiger partial charge < -0.3 is 4.98 Å². The van der Waals surface area contributed by atoms with E-state index in [-0.39, 0.29) is 11.7 Å². The summed E-state index contributed by atoms with van der Waals surface area (Å²) in [6.45, 7) is 3.79. The van der Waals surface area contributed by atoms with Gasteiger partial charge in [0.1, 0.15) is 5.69 Å². The van der Waals surface area contributed by atoms with Crippen LogP contribution >= 0.6 is 0 Å². The lowest BCUT2D eigenvalue weighted by Gasteiger charge is -2.09. The zero-order chi connectivity index (χ0) is 18.0. The van der Waals surface area contributed by atoms with Crippen molar-refractivity contribution in [1.29, 1.82) is 0 Å². The van der Waals surface area contributed by atoms with Crippen molar-refractivity contribution in [2.24, 2.45) is 0 Å². The minimum atomic E-state index is -0.460. The number of fused-ring (bicyclic) bond motifs is 1. The summed E-state index contributed by atoms with van der Waals surface area (Å²) in [5, 5.41) is 0. The van der Waals surface area contributed by atoms with Crippen molar-refractivity contribution < 1.29 is 14.4 Å². The first-order chi connectivity index (χ1) is 12.0. The molecule has 0 saturated heterocycles. The highest BCUT2D eigenvalue weighted by Crippen LogP contribution is 2.26. The highest BCUT2D eigenvalue weighted by Gasteiger charge is 2.26. The van der Waals surface area contributed by atoms with Crippen LogP contribution in [0.4, 0.5) is 0 Å². The number of nitrogens with one attached hydrogen (secondary N) is 3. The van der Waals surface area contributed by atoms with Crippen molar-refractivity contribution in [3.63, 3.8) is 0 Å². The second kappa shape index (κ2) is 6.93. The van der Waals surface area contributed by atoms with Gasteiger partial charge in [-0.05, 0) is 49.4 Å². The topological polar surface area (TPSA) is 91.1 Å². The summed E-state index contributed by atoms with van der Waals surface area (Å²) in [6.07, 6.45) is 2.95. The molecule has 1 aliphatic rings. The molecule has 2 amide bonds. The minimum Gasteiger partial charge on any atom is -0.354 e. The Morgan fingerprint density at radius 2 is 1.76 bits per heavy atom. The van der Waals surface area contributed by atoms with E-state index < -0.39 is 5.91 Å². The van der Waals surface area contributed by atoms with E-state index in [1.807, 2.05) is 19.1 Å². The van der Waals surface area contributed by atoms with Crippen molar-refractivity contribution in [1.82, 2.24) is 15.8 Å². The maximum atomic E-state index is 12.4. The number of Topliss-reactive ketones (excluding diaryl/α,β-unsaturated/α-hetero) is 1. The average molecular weight is 339 g/mol. The van der Waals surface area contributed by atoms with Gasteiger partial charge in [0.05, 0.1) is 0 Å². The zero-order valence-corrected chi connectivity index (χ0v) is 14.4. The van der Waals surface area contributed by atoms with Gasteiger partial charge in [0, 0.05) is 23.2 Å². The van der Waals surface area contributed by atoms with Crippen LogP contribution in [0.25, 0.3) is 0 Å². The summed E-state index contributed by atoms with van der Waals surface area (Å²) in [4.78, 5) is 39.5. The standard InChI is InChI=1S/C19H21N3O3/c1-3-12-7-9-13(10-8-12)18(24)21-22-19(25)17-11(2)16-14(20-17)5-4-6-15(16)23/h7-10,20H,3-6H2,1-2H3,(H,21,24)(H,22,25). The number of aromatic nitrogens is 1. The van der Waals surface area contributed by atoms with Crippen LogP contribution in [-0.2, 0) is 12.8 Å². The van der Waals surface area contributed by atoms with Crippen LogP contribution in [-0.4, -0.2) is 22.6 Å². The van der Waals surface area contributed by atoms with E-state index in [0.29, 0.717) is 28.8 Å². The number of carbonyl (C=O) groups excluding carboxylic acids is 3. The van der Waals surface area contributed by atoms with Gasteiger partial charge in [-0.15, -0.1) is 0 Å². The van der Waals surface area contributed by atoms with Crippen LogP contribution in [0, 0.1) is 6.92 Å². The highest BCUT2D eigenvalue weighted by atomic mass is 16.2. The number of rotatable bonds is 3. The van der Waals surface area contributed by atoms with Crippen LogP contribution in [0.5, 0.6) is 0 Å². The fourth-order valence-electron chi connectivity index (χ4n) is 3.14. The molecule has 2 aromatic rings. The SMILES string of the molecule is CCc1ccc(C(=O)NNC(=O)c2[nH]c3c(c2C)C(=O)CCC3)cc1. The lowest BCUT2D eigenvalue weighted by atomic mass is 9.94. The number of aryl methyl sites for hydroxylation is 2. The first kappa shape index (κ1) is 17.0. The Balaban J connectivity index is 1.68. The van der Waals surface area contributed by atoms with E-state index in [1.54, 1.807) is 19.1 Å². The molecule has 0 atom stereocenters. The lowest BCUT2D eigenvalue weighted by molar-refractivity contribution is 0.0844. The van der Waals surface area contributed by atoms with Gasteiger partial charge in [0.2, 0.25) is 0 Å². The van der Waals surface area contributed by atoms with E-state index in [0.717, 1.165) is 30.5 Å². The molecule has 0 spiro atoms. The summed E-state index contributed by atoms with van der Waals surface area (Å²) in [7, 11) is 0. The van der Waals surface area contributed by atoms with Crippen LogP contribution in [0.3, 0.4) is 0 Å². The van der Waals surface area contributed by atoms with Crippen LogP contribution in [0.1, 0.15) is 67.8 Å². The molecule has 1 aliphatic carbocycles. The van der Waals surface area contributed by atoms with Gasteiger partial charge >= 0.3 is 0 Å². The normalized spacial score (nSPS) is 13.3. The number of amides is 2. The molecule has 6 heteroatoms. The number of H-pyrrole nitrogens is 1. The second-order valence-electron chi connectivity index (χ2n) is 6.21. The Morgan fingerprint density at radius 3 is 2.40 bits per heavy atom. The molecule has 6 nitrogen and oxygen atoms in total. The van der Waals surface area contributed by atoms with Gasteiger partial charge in [-0.1, -0.05) is 19.1 Å². The van der Waals surface area contributed by atoms with Crippen molar-refractivity contribution in [2.45, 2.75) is 39.5 Å². The molecule has 0 saturated carbocycles. The van der Waals surface area contributed by atoms with Crippen molar-refractivity contribution in [3.8, 4) is 0 Å². The molecule has 3 rings (SSSR count). The van der Waals surface area contributed by atoms with E-state index in [9.17, 15) is 14.4 Å². The third-order valence-corrected chi connectivity index (χ3v) is 4.58. The van der Waals surface area contributed by atoms with Crippen LogP contribution in [0.2, 0.25) is 0 Å². The molecule has 25 heavy (non-hydrogen) atoms. The number of carbonyl (C=O) groups is 3. The maximum absolute atomic E-state index is 12.4. The monoisotopic (exact) mass is 339 g/mol. The smallest absolute Gasteiger partial charge is 0.286 e. The quantitative estimate of drug-likeness (QED) is 0.750. The summed E-state index contributed by atoms with van der Waals surface area (Å²) in [5.41, 5.74) is 8.81. The predicted octanol–water partition coefficient (Wildman–Crippen LogP) is 2.48. The number of aromatic amines is 1. The molecule has 1 aromatic heterocycles. The molecule has 1 aromatic carbocycles. The Kier molecular flexibility index (Phi) is 4.70. The number of benzene rings is 1. The minimum absolute atomic E-state index is 0.0640. The van der Waals surface area contributed by atoms with Gasteiger partial charge in [0.25, 0.3) is 11.8 Å². The average Bonchev–Trinajstić information content (AvgIpc) is 2.97. The van der Waals surface area contributed by atoms with E-state index >= 15 is 0 Å². The van der Waals surface area contributed by atoms with Crippen molar-refractivity contribution in [2.75, 3.05) is 0 Å². The van der Waals surface area contributed by atoms with Crippen molar-refractivity contribution >= 4 is 17.6 Å². The molecule has 0 fully saturated rings. The van der Waals surface area contributed by atoms with E-state index in [1.165, 1.54) is 0 Å². The number of hydrogen-bond donors (Lipinski definition) is 3. The van der Waals surface area contributed by atoms with E-state index in [4.69, 9.17) is 0 Å². The summed E-state index contributed by atoms with van der Waals surface area (Å²) < 4.78 is 0. The largest absolute Gasteiger partial charge is 0.354 e. The fraction of sp³-hybridized carbons (Fsp3) is 0.316. The molecule has 0 bridgehead atoms. The molecule has 0 unspecified atom stereocenters. The van der Waals surface area contributed by atoms with Crippen LogP contribution < -0.4 is 10.9 Å². The molecule has 3 N–H and O–H groups in total. The Morgan fingerprint density at radius 1 is 1.08 bits per heavy atom. The molecular formula is C19H21N3O3. The van der Waals surface area contributed by atoms with Gasteiger partial charge in [-0.2, -0.15) is 0 Å². The number of hydrogen-bond acceptors (Lipinski definition) is 3. The lowest BCUT2D eigenvalue weighted by Crippen LogP contribution is -2.42. The zero-order valence-electron chi connectivity index (χ0n) is 14.4. The first-order valence-electron chi connectivity index (χ1n) is 8.45. The molecule has 130 valence electrons. The predicted molar refractivity (Wildman–Crippen MR) is 93.6 cm³/mol. The maximum Gasteiger partial charge on any atom is 0.286 e. The summed E-state index contributed by atoms with van der Waals surface area (Å²) in [6, 6.07) is 7.20.